The van der Waals surface area contributed by atoms with Gasteiger partial charge in [0, 0.05) is 42.3 Å². The van der Waals surface area contributed by atoms with E-state index in [2.05, 4.69) is 25.6 Å². The van der Waals surface area contributed by atoms with Gasteiger partial charge in [-0.2, -0.15) is 5.26 Å². The Morgan fingerprint density at radius 1 is 1.22 bits per heavy atom. The molecule has 1 unspecified atom stereocenters. The van der Waals surface area contributed by atoms with Crippen molar-refractivity contribution in [1.29, 1.82) is 5.26 Å². The maximum absolute atomic E-state index is 12.7. The van der Waals surface area contributed by atoms with Crippen molar-refractivity contribution in [2.75, 3.05) is 10.6 Å². The first kappa shape index (κ1) is 24.2. The fraction of sp³-hybridized carbons (Fsp3) is 0.231. The molecule has 0 aliphatic heterocycles. The number of aromatic carboxylic acids is 1. The first-order valence-corrected chi connectivity index (χ1v) is 12.0. The van der Waals surface area contributed by atoms with E-state index in [-0.39, 0.29) is 33.7 Å². The summed E-state index contributed by atoms with van der Waals surface area (Å²) in [5, 5.41) is 25.8. The van der Waals surface area contributed by atoms with Gasteiger partial charge in [-0.1, -0.05) is 11.6 Å². The second kappa shape index (κ2) is 9.52. The van der Waals surface area contributed by atoms with Gasteiger partial charge in [-0.15, -0.1) is 0 Å². The van der Waals surface area contributed by atoms with Gasteiger partial charge in [-0.05, 0) is 55.5 Å². The molecule has 186 valence electrons. The summed E-state index contributed by atoms with van der Waals surface area (Å²) >= 11 is 6.05. The van der Waals surface area contributed by atoms with Crippen molar-refractivity contribution in [3.05, 3.63) is 80.9 Å². The van der Waals surface area contributed by atoms with Gasteiger partial charge >= 0.3 is 5.97 Å². The van der Waals surface area contributed by atoms with E-state index in [4.69, 9.17) is 11.6 Å². The van der Waals surface area contributed by atoms with Gasteiger partial charge in [0.15, 0.2) is 5.69 Å². The normalized spacial score (nSPS) is 13.7. The number of nitriles is 1. The number of halogens is 1. The van der Waals surface area contributed by atoms with Crippen LogP contribution in [0.25, 0.3) is 10.9 Å². The topological polar surface area (TPSA) is 146 Å². The Morgan fingerprint density at radius 2 is 1.95 bits per heavy atom. The van der Waals surface area contributed by atoms with Crippen LogP contribution in [0.1, 0.15) is 59.2 Å². The van der Waals surface area contributed by atoms with Gasteiger partial charge < -0.3 is 20.3 Å². The molecule has 3 N–H and O–H groups in total. The molecule has 3 heterocycles. The highest BCUT2D eigenvalue weighted by molar-refractivity contribution is 6.31. The van der Waals surface area contributed by atoms with Crippen molar-refractivity contribution in [2.24, 2.45) is 7.05 Å². The van der Waals surface area contributed by atoms with Crippen molar-refractivity contribution in [3.63, 3.8) is 0 Å². The number of fused-ring (bicyclic) bond motifs is 1. The zero-order valence-electron chi connectivity index (χ0n) is 20.0. The number of carbonyl (C=O) groups is 1. The lowest BCUT2D eigenvalue weighted by atomic mass is 10.1. The summed E-state index contributed by atoms with van der Waals surface area (Å²) in [6.45, 7) is 1.92. The second-order valence-corrected chi connectivity index (χ2v) is 9.32. The first-order chi connectivity index (χ1) is 17.7. The second-order valence-electron chi connectivity index (χ2n) is 8.96. The van der Waals surface area contributed by atoms with Crippen molar-refractivity contribution in [1.82, 2.24) is 19.5 Å². The zero-order chi connectivity index (χ0) is 26.3. The van der Waals surface area contributed by atoms with Crippen LogP contribution in [0.3, 0.4) is 0 Å². The Balaban J connectivity index is 1.51. The minimum absolute atomic E-state index is 0.0194. The van der Waals surface area contributed by atoms with Gasteiger partial charge in [0.1, 0.15) is 22.6 Å². The number of aryl methyl sites for hydroxylation is 1. The summed E-state index contributed by atoms with van der Waals surface area (Å²) in [4.78, 5) is 36.9. The Bertz CT molecular complexity index is 1640. The third-order valence-corrected chi connectivity index (χ3v) is 6.61. The molecule has 0 radical (unpaired) electrons. The number of nitrogens with zero attached hydrogens (tertiary/aromatic N) is 5. The summed E-state index contributed by atoms with van der Waals surface area (Å²) in [5.74, 6) is -0.0951. The van der Waals surface area contributed by atoms with Crippen LogP contribution in [0.2, 0.25) is 5.15 Å². The molecule has 1 saturated carbocycles. The zero-order valence-corrected chi connectivity index (χ0v) is 20.7. The third kappa shape index (κ3) is 4.81. The molecule has 0 bridgehead atoms. The average Bonchev–Trinajstić information content (AvgIpc) is 3.72. The summed E-state index contributed by atoms with van der Waals surface area (Å²) in [6, 6.07) is 9.73. The number of anilines is 3. The van der Waals surface area contributed by atoms with E-state index in [1.165, 1.54) is 29.5 Å². The minimum atomic E-state index is -1.27. The molecule has 1 atom stereocenters. The van der Waals surface area contributed by atoms with Crippen molar-refractivity contribution < 1.29 is 9.90 Å². The number of nitrogens with one attached hydrogen (secondary N) is 2. The first-order valence-electron chi connectivity index (χ1n) is 11.6. The molecule has 0 saturated heterocycles. The fourth-order valence-corrected chi connectivity index (χ4v) is 4.37. The van der Waals surface area contributed by atoms with E-state index in [9.17, 15) is 20.0 Å². The number of carboxylic acids is 1. The van der Waals surface area contributed by atoms with Crippen LogP contribution in [0.15, 0.2) is 47.5 Å². The highest BCUT2D eigenvalue weighted by Gasteiger charge is 2.24. The van der Waals surface area contributed by atoms with Gasteiger partial charge in [-0.3, -0.25) is 4.79 Å². The van der Waals surface area contributed by atoms with Crippen LogP contribution in [-0.2, 0) is 7.05 Å². The monoisotopic (exact) mass is 515 g/mol. The highest BCUT2D eigenvalue weighted by atomic mass is 35.5. The number of rotatable bonds is 7. The molecular formula is C26H22ClN7O3. The van der Waals surface area contributed by atoms with E-state index >= 15 is 0 Å². The Morgan fingerprint density at radius 3 is 2.59 bits per heavy atom. The molecule has 37 heavy (non-hydrogen) atoms. The van der Waals surface area contributed by atoms with E-state index < -0.39 is 5.97 Å². The number of carboxylic acid groups (broad SMARTS) is 1. The van der Waals surface area contributed by atoms with Gasteiger partial charge in [0.25, 0.3) is 5.56 Å². The van der Waals surface area contributed by atoms with Crippen LogP contribution in [-0.4, -0.2) is 30.6 Å². The van der Waals surface area contributed by atoms with Crippen LogP contribution >= 0.6 is 11.6 Å². The van der Waals surface area contributed by atoms with E-state index in [0.717, 1.165) is 10.9 Å². The molecule has 10 nitrogen and oxygen atoms in total. The number of hydrogen-bond donors (Lipinski definition) is 3. The standard InChI is InChI=1S/C26H22ClN7O3/c1-13(25-29-11-15(12-30-25)14-3-4-14)31-20-9-23(35)34(2)22-6-5-16(7-17(20)22)32-19-8-21(26(36)37)33-24(27)18(19)10-28/h5-9,11-14,31H,3-4H2,1-2H3,(H,32,33)(H,36,37). The SMILES string of the molecule is CC(Nc1cc(=O)n(C)c2ccc(Nc3cc(C(=O)O)nc(Cl)c3C#N)cc12)c1ncc(C2CC2)cn1. The predicted octanol–water partition coefficient (Wildman–Crippen LogP) is 4.74. The number of benzene rings is 1. The lowest BCUT2D eigenvalue weighted by Crippen LogP contribution is -2.19. The molecule has 0 amide bonds. The molecule has 0 spiro atoms. The largest absolute Gasteiger partial charge is 0.477 e. The molecule has 4 aromatic rings. The maximum atomic E-state index is 12.7. The van der Waals surface area contributed by atoms with E-state index in [1.807, 2.05) is 25.4 Å². The summed E-state index contributed by atoms with van der Waals surface area (Å²) in [5.41, 5.74) is 2.71. The van der Waals surface area contributed by atoms with Crippen LogP contribution in [0, 0.1) is 11.3 Å². The quantitative estimate of drug-likeness (QED) is 0.297. The molecule has 5 rings (SSSR count). The van der Waals surface area contributed by atoms with Gasteiger partial charge in [-0.25, -0.2) is 19.7 Å². The average molecular weight is 516 g/mol. The van der Waals surface area contributed by atoms with Crippen molar-refractivity contribution in [2.45, 2.75) is 31.7 Å². The Hall–Kier alpha value is -4.49. The number of aromatic nitrogens is 4. The molecule has 1 aliphatic carbocycles. The number of pyridine rings is 2. The Labute approximate surface area is 216 Å². The molecular weight excluding hydrogens is 494 g/mol. The van der Waals surface area contributed by atoms with Crippen LogP contribution in [0.4, 0.5) is 17.1 Å². The summed E-state index contributed by atoms with van der Waals surface area (Å²) in [7, 11) is 1.68. The molecule has 1 aliphatic rings. The van der Waals surface area contributed by atoms with Crippen molar-refractivity contribution in [3.8, 4) is 6.07 Å². The summed E-state index contributed by atoms with van der Waals surface area (Å²) < 4.78 is 1.53. The van der Waals surface area contributed by atoms with Crippen LogP contribution in [0.5, 0.6) is 0 Å². The van der Waals surface area contributed by atoms with Gasteiger partial charge in [0.2, 0.25) is 0 Å². The van der Waals surface area contributed by atoms with Crippen LogP contribution < -0.4 is 16.2 Å². The lowest BCUT2D eigenvalue weighted by molar-refractivity contribution is 0.0690. The van der Waals surface area contributed by atoms with E-state index in [1.54, 1.807) is 25.2 Å². The Kier molecular flexibility index (Phi) is 6.23. The maximum Gasteiger partial charge on any atom is 0.354 e. The molecule has 3 aromatic heterocycles. The molecule has 1 fully saturated rings. The third-order valence-electron chi connectivity index (χ3n) is 6.33. The minimum Gasteiger partial charge on any atom is -0.477 e. The smallest absolute Gasteiger partial charge is 0.354 e. The predicted molar refractivity (Wildman–Crippen MR) is 139 cm³/mol. The number of hydrogen-bond acceptors (Lipinski definition) is 8. The molecule has 1 aromatic carbocycles. The van der Waals surface area contributed by atoms with Gasteiger partial charge in [0.05, 0.1) is 17.2 Å². The van der Waals surface area contributed by atoms with Crippen molar-refractivity contribution >= 4 is 45.5 Å². The fourth-order valence-electron chi connectivity index (χ4n) is 4.14. The highest BCUT2D eigenvalue weighted by Crippen LogP contribution is 2.39. The molecule has 11 heteroatoms. The van der Waals surface area contributed by atoms with E-state index in [0.29, 0.717) is 28.6 Å². The summed E-state index contributed by atoms with van der Waals surface area (Å²) in [6.07, 6.45) is 6.07. The lowest BCUT2D eigenvalue weighted by Gasteiger charge is -2.18.